The van der Waals surface area contributed by atoms with E-state index >= 15 is 0 Å². The molecule has 1 aromatic carbocycles. The number of benzene rings is 1. The molecule has 2 aromatic rings. The predicted molar refractivity (Wildman–Crippen MR) is 104 cm³/mol. The van der Waals surface area contributed by atoms with Crippen molar-refractivity contribution >= 4 is 16.5 Å². The molecule has 1 aliphatic carbocycles. The maximum Gasteiger partial charge on any atom is 0.111 e. The monoisotopic (exact) mass is 351 g/mol. The largest absolute Gasteiger partial charge is 0.381 e. The van der Waals surface area contributed by atoms with Crippen LogP contribution in [0.15, 0.2) is 60.2 Å². The van der Waals surface area contributed by atoms with Crippen molar-refractivity contribution in [1.82, 2.24) is 15.6 Å². The Bertz CT molecular complexity index is 894. The fourth-order valence-electron chi connectivity index (χ4n) is 3.74. The van der Waals surface area contributed by atoms with Gasteiger partial charge in [0.25, 0.3) is 0 Å². The Labute approximate surface area is 153 Å². The summed E-state index contributed by atoms with van der Waals surface area (Å²) in [5.74, 6) is 0. The maximum absolute atomic E-state index is 5.61. The van der Waals surface area contributed by atoms with Gasteiger partial charge in [0.2, 0.25) is 0 Å². The molecule has 0 saturated heterocycles. The average Bonchev–Trinajstić information content (AvgIpc) is 3.10. The molecule has 1 aliphatic heterocycles. The molecule has 0 fully saturated rings. The van der Waals surface area contributed by atoms with Crippen LogP contribution in [0.3, 0.4) is 0 Å². The van der Waals surface area contributed by atoms with Crippen LogP contribution in [0, 0.1) is 0 Å². The van der Waals surface area contributed by atoms with Crippen molar-refractivity contribution in [1.29, 1.82) is 0 Å². The highest BCUT2D eigenvalue weighted by Crippen LogP contribution is 2.32. The highest BCUT2D eigenvalue weighted by atomic mass is 16.5. The number of aromatic amines is 1. The van der Waals surface area contributed by atoms with Crippen LogP contribution in [-0.2, 0) is 9.47 Å². The highest BCUT2D eigenvalue weighted by Gasteiger charge is 2.40. The minimum Gasteiger partial charge on any atom is -0.381 e. The number of methoxy groups -OCH3 is 2. The van der Waals surface area contributed by atoms with Gasteiger partial charge in [0.05, 0.1) is 6.04 Å². The van der Waals surface area contributed by atoms with E-state index in [-0.39, 0.29) is 18.2 Å². The van der Waals surface area contributed by atoms with E-state index in [0.717, 1.165) is 17.6 Å². The number of hydrogen-bond donors (Lipinski definition) is 3. The summed E-state index contributed by atoms with van der Waals surface area (Å²) >= 11 is 0. The lowest BCUT2D eigenvalue weighted by atomic mass is 9.85. The topological polar surface area (TPSA) is 58.3 Å². The van der Waals surface area contributed by atoms with Crippen LogP contribution in [0.25, 0.3) is 16.5 Å². The van der Waals surface area contributed by atoms with Gasteiger partial charge in [-0.1, -0.05) is 13.0 Å². The Hall–Kier alpha value is -2.50. The Morgan fingerprint density at radius 1 is 1.23 bits per heavy atom. The number of rotatable bonds is 6. The van der Waals surface area contributed by atoms with E-state index in [1.54, 1.807) is 14.2 Å². The highest BCUT2D eigenvalue weighted by molar-refractivity contribution is 5.84. The zero-order valence-electron chi connectivity index (χ0n) is 15.4. The van der Waals surface area contributed by atoms with Crippen molar-refractivity contribution in [3.63, 3.8) is 0 Å². The molecular formula is C21H25N3O2. The molecule has 0 saturated carbocycles. The predicted octanol–water partition coefficient (Wildman–Crippen LogP) is 3.29. The van der Waals surface area contributed by atoms with Gasteiger partial charge >= 0.3 is 0 Å². The van der Waals surface area contributed by atoms with Crippen molar-refractivity contribution in [2.45, 2.75) is 31.6 Å². The third-order valence-electron chi connectivity index (χ3n) is 5.30. The second-order valence-corrected chi connectivity index (χ2v) is 6.67. The van der Waals surface area contributed by atoms with Crippen LogP contribution in [0.2, 0.25) is 0 Å². The number of ether oxygens (including phenoxy) is 2. The van der Waals surface area contributed by atoms with Gasteiger partial charge in [-0.25, -0.2) is 0 Å². The molecule has 0 radical (unpaired) electrons. The lowest BCUT2D eigenvalue weighted by Gasteiger charge is -2.42. The van der Waals surface area contributed by atoms with E-state index in [2.05, 4.69) is 59.1 Å². The summed E-state index contributed by atoms with van der Waals surface area (Å²) in [6.07, 6.45) is 9.09. The van der Waals surface area contributed by atoms with Gasteiger partial charge in [-0.3, -0.25) is 0 Å². The van der Waals surface area contributed by atoms with Crippen molar-refractivity contribution in [3.05, 3.63) is 65.8 Å². The van der Waals surface area contributed by atoms with E-state index in [1.807, 2.05) is 12.4 Å². The number of nitrogens with one attached hydrogen (secondary N) is 3. The van der Waals surface area contributed by atoms with E-state index < -0.39 is 0 Å². The van der Waals surface area contributed by atoms with Crippen LogP contribution < -0.4 is 10.6 Å². The van der Waals surface area contributed by atoms with Crippen LogP contribution in [-0.4, -0.2) is 37.5 Å². The van der Waals surface area contributed by atoms with Crippen LogP contribution in [0.1, 0.15) is 18.9 Å². The van der Waals surface area contributed by atoms with Crippen molar-refractivity contribution in [2.24, 2.45) is 0 Å². The minimum absolute atomic E-state index is 0.00354. The van der Waals surface area contributed by atoms with Gasteiger partial charge in [0, 0.05) is 49.6 Å². The summed E-state index contributed by atoms with van der Waals surface area (Å²) in [5, 5.41) is 8.05. The van der Waals surface area contributed by atoms with E-state index in [9.17, 15) is 0 Å². The number of hydrogen-bond acceptors (Lipinski definition) is 4. The molecule has 2 unspecified atom stereocenters. The van der Waals surface area contributed by atoms with Crippen LogP contribution in [0.5, 0.6) is 0 Å². The fraction of sp³-hybridized carbons (Fsp3) is 0.333. The Morgan fingerprint density at radius 3 is 2.81 bits per heavy atom. The van der Waals surface area contributed by atoms with Gasteiger partial charge in [0.15, 0.2) is 0 Å². The van der Waals surface area contributed by atoms with Crippen LogP contribution >= 0.6 is 0 Å². The van der Waals surface area contributed by atoms with Gasteiger partial charge < -0.3 is 25.1 Å². The smallest absolute Gasteiger partial charge is 0.111 e. The second kappa shape index (κ2) is 7.02. The molecule has 0 amide bonds. The molecule has 0 bridgehead atoms. The van der Waals surface area contributed by atoms with Gasteiger partial charge in [-0.2, -0.15) is 0 Å². The first-order valence-electron chi connectivity index (χ1n) is 9.02. The van der Waals surface area contributed by atoms with Gasteiger partial charge in [-0.05, 0) is 47.2 Å². The zero-order chi connectivity index (χ0) is 18.1. The SMILES string of the molecule is CC/C(=C\NC1=CC(OC)[C@@H](OC)C2NC=C12)c1ccc2[nH]ccc2c1. The summed E-state index contributed by atoms with van der Waals surface area (Å²) in [7, 11) is 3.45. The summed E-state index contributed by atoms with van der Waals surface area (Å²) in [4.78, 5) is 3.24. The molecule has 5 nitrogen and oxygen atoms in total. The number of fused-ring (bicyclic) bond motifs is 2. The lowest BCUT2D eigenvalue weighted by molar-refractivity contribution is -0.0304. The second-order valence-electron chi connectivity index (χ2n) is 6.67. The number of allylic oxidation sites excluding steroid dienone is 1. The van der Waals surface area contributed by atoms with E-state index in [1.165, 1.54) is 22.1 Å². The molecule has 4 rings (SSSR count). The zero-order valence-corrected chi connectivity index (χ0v) is 15.4. The summed E-state index contributed by atoms with van der Waals surface area (Å²) in [5.41, 5.74) is 5.98. The minimum atomic E-state index is -0.0767. The van der Waals surface area contributed by atoms with Crippen molar-refractivity contribution in [3.8, 4) is 0 Å². The Morgan fingerprint density at radius 2 is 2.12 bits per heavy atom. The molecule has 2 aliphatic rings. The number of aromatic nitrogens is 1. The maximum atomic E-state index is 5.61. The molecule has 26 heavy (non-hydrogen) atoms. The molecular weight excluding hydrogens is 326 g/mol. The first kappa shape index (κ1) is 16.9. The van der Waals surface area contributed by atoms with Gasteiger partial charge in [0.1, 0.15) is 12.2 Å². The summed E-state index contributed by atoms with van der Waals surface area (Å²) in [6, 6.07) is 8.80. The Balaban J connectivity index is 1.60. The molecule has 2 heterocycles. The average molecular weight is 351 g/mol. The molecule has 3 atom stereocenters. The number of H-pyrrole nitrogens is 1. The van der Waals surface area contributed by atoms with Crippen molar-refractivity contribution < 1.29 is 9.47 Å². The third kappa shape index (κ3) is 2.83. The third-order valence-corrected chi connectivity index (χ3v) is 5.30. The molecule has 136 valence electrons. The molecule has 3 N–H and O–H groups in total. The van der Waals surface area contributed by atoms with E-state index in [4.69, 9.17) is 9.47 Å². The fourth-order valence-corrected chi connectivity index (χ4v) is 3.74. The normalized spacial score (nSPS) is 25.0. The quantitative estimate of drug-likeness (QED) is 0.747. The van der Waals surface area contributed by atoms with Crippen molar-refractivity contribution in [2.75, 3.05) is 14.2 Å². The first-order valence-corrected chi connectivity index (χ1v) is 9.02. The molecule has 1 aromatic heterocycles. The van der Waals surface area contributed by atoms with E-state index in [0.29, 0.717) is 0 Å². The molecule has 5 heteroatoms. The Kier molecular flexibility index (Phi) is 4.57. The van der Waals surface area contributed by atoms with Crippen LogP contribution in [0.4, 0.5) is 0 Å². The summed E-state index contributed by atoms with van der Waals surface area (Å²) < 4.78 is 11.2. The standard InChI is InChI=1S/C21H25N3O2/c1-4-13(14-5-6-17-15(9-14)7-8-22-17)11-23-18-10-19(25-2)21(26-3)20-16(18)12-24-20/h5-12,19-24H,4H2,1-3H3/b13-11+/t19?,20?,21-/m1/s1. The first-order chi connectivity index (χ1) is 12.7. The summed E-state index contributed by atoms with van der Waals surface area (Å²) in [6.45, 7) is 2.18. The van der Waals surface area contributed by atoms with Gasteiger partial charge in [-0.15, -0.1) is 0 Å². The lowest BCUT2D eigenvalue weighted by Crippen LogP contribution is -2.55. The molecule has 0 spiro atoms.